The number of nitrogens with one attached hydrogen (secondary N) is 1. The normalized spacial score (nSPS) is 34.3. The van der Waals surface area contributed by atoms with E-state index in [0.29, 0.717) is 17.8 Å². The Kier molecular flexibility index (Phi) is 5.68. The Hall–Kier alpha value is -2.47. The molecule has 4 heterocycles. The molecular formula is C18H26N9O5P. The number of aromatic nitrogens is 4. The molecule has 0 aromatic carbocycles. The first-order valence-electron chi connectivity index (χ1n) is 10.9. The van der Waals surface area contributed by atoms with E-state index in [0.717, 1.165) is 25.7 Å². The maximum absolute atomic E-state index is 13.4. The number of fused-ring (bicyclic) bond motifs is 2. The van der Waals surface area contributed by atoms with Crippen molar-refractivity contribution < 1.29 is 23.1 Å². The number of imidazole rings is 1. The molecule has 2 aliphatic heterocycles. The lowest BCUT2D eigenvalue weighted by atomic mass is 9.93. The fourth-order valence-corrected chi connectivity index (χ4v) is 6.65. The quantitative estimate of drug-likeness (QED) is 0.270. The molecule has 33 heavy (non-hydrogen) atoms. The van der Waals surface area contributed by atoms with Gasteiger partial charge in [-0.05, 0) is 32.2 Å². The highest BCUT2D eigenvalue weighted by atomic mass is 31.2. The lowest BCUT2D eigenvalue weighted by Gasteiger charge is -2.37. The maximum atomic E-state index is 13.4. The van der Waals surface area contributed by atoms with Crippen molar-refractivity contribution in [3.63, 3.8) is 0 Å². The summed E-state index contributed by atoms with van der Waals surface area (Å²) in [5, 5.41) is 7.08. The van der Waals surface area contributed by atoms with Gasteiger partial charge in [0.25, 0.3) is 0 Å². The zero-order valence-corrected chi connectivity index (χ0v) is 19.2. The Labute approximate surface area is 189 Å². The molecule has 14 nitrogen and oxygen atoms in total. The number of azide groups is 1. The minimum absolute atomic E-state index is 0.00144. The van der Waals surface area contributed by atoms with Crippen LogP contribution in [0.2, 0.25) is 0 Å². The van der Waals surface area contributed by atoms with Gasteiger partial charge in [0.05, 0.1) is 19.5 Å². The lowest BCUT2D eigenvalue weighted by Crippen LogP contribution is -2.48. The molecule has 15 heteroatoms. The molecule has 5 rings (SSSR count). The van der Waals surface area contributed by atoms with E-state index in [4.69, 9.17) is 24.3 Å². The molecule has 178 valence electrons. The number of nitrogens with zero attached hydrogens (tertiary/aromatic N) is 7. The second-order valence-electron chi connectivity index (χ2n) is 8.52. The summed E-state index contributed by atoms with van der Waals surface area (Å²) in [5.74, 6) is 0.239. The van der Waals surface area contributed by atoms with Crippen LogP contribution in [-0.2, 0) is 18.3 Å². The third kappa shape index (κ3) is 3.82. The van der Waals surface area contributed by atoms with Crippen LogP contribution < -0.4 is 15.6 Å². The standard InChI is InChI=1S/C18H26N9O5P/c1-3-29-15-12-14(22-17(19)23-15)27(9-21-12)16-18(2,25-26-20)13-11(31-16)8-30-33(28,32-13)24-10-6-4-5-7-10/h9-11,13,16H,3-8H2,1-2H3,(H,24,28)(H2,19,22,23)/t11-,13-,16-,18-,33?/m1/s1. The van der Waals surface area contributed by atoms with Gasteiger partial charge in [-0.25, -0.2) is 14.6 Å². The van der Waals surface area contributed by atoms with E-state index in [1.54, 1.807) is 11.5 Å². The molecule has 1 saturated carbocycles. The Morgan fingerprint density at radius 1 is 1.45 bits per heavy atom. The highest BCUT2D eigenvalue weighted by molar-refractivity contribution is 7.51. The van der Waals surface area contributed by atoms with E-state index in [9.17, 15) is 10.1 Å². The molecular weight excluding hydrogens is 453 g/mol. The van der Waals surface area contributed by atoms with Crippen LogP contribution in [0.1, 0.15) is 45.8 Å². The molecule has 2 aromatic heterocycles. The van der Waals surface area contributed by atoms with Crippen LogP contribution in [0, 0.1) is 0 Å². The molecule has 0 amide bonds. The van der Waals surface area contributed by atoms with Crippen molar-refractivity contribution in [3.05, 3.63) is 16.8 Å². The molecule has 5 atom stereocenters. The first-order chi connectivity index (χ1) is 15.9. The van der Waals surface area contributed by atoms with Crippen LogP contribution in [0.3, 0.4) is 0 Å². The smallest absolute Gasteiger partial charge is 0.406 e. The maximum Gasteiger partial charge on any atom is 0.406 e. The molecule has 2 aromatic rings. The van der Waals surface area contributed by atoms with Crippen LogP contribution >= 0.6 is 7.75 Å². The van der Waals surface area contributed by atoms with Crippen LogP contribution in [-0.4, -0.2) is 56.5 Å². The first-order valence-corrected chi connectivity index (χ1v) is 12.5. The van der Waals surface area contributed by atoms with Gasteiger partial charge < -0.3 is 15.2 Å². The molecule has 1 aliphatic carbocycles. The zero-order valence-electron chi connectivity index (χ0n) is 18.3. The summed E-state index contributed by atoms with van der Waals surface area (Å²) >= 11 is 0. The number of rotatable bonds is 6. The van der Waals surface area contributed by atoms with E-state index in [1.165, 1.54) is 6.33 Å². The van der Waals surface area contributed by atoms with Crippen molar-refractivity contribution in [2.75, 3.05) is 18.9 Å². The Balaban J connectivity index is 1.51. The molecule has 2 saturated heterocycles. The summed E-state index contributed by atoms with van der Waals surface area (Å²) in [6.07, 6.45) is 3.10. The van der Waals surface area contributed by atoms with Gasteiger partial charge in [0, 0.05) is 11.0 Å². The van der Waals surface area contributed by atoms with Gasteiger partial charge in [-0.1, -0.05) is 18.0 Å². The molecule has 1 unspecified atom stereocenters. The number of ether oxygens (including phenoxy) is 2. The van der Waals surface area contributed by atoms with Crippen molar-refractivity contribution in [2.24, 2.45) is 5.11 Å². The SMILES string of the molecule is CCOc1nc(N)nc2c1ncn2[C@@H]1O[C@@H]2COP(=O)(NC3CCCC3)O[C@H]2[C@@]1(C)N=[N+]=[N-]. The molecule has 0 radical (unpaired) electrons. The van der Waals surface area contributed by atoms with E-state index < -0.39 is 31.7 Å². The van der Waals surface area contributed by atoms with E-state index in [-0.39, 0.29) is 24.5 Å². The van der Waals surface area contributed by atoms with Crippen LogP contribution in [0.5, 0.6) is 5.88 Å². The first kappa shape index (κ1) is 22.3. The molecule has 3 fully saturated rings. The van der Waals surface area contributed by atoms with Crippen LogP contribution in [0.4, 0.5) is 5.95 Å². The van der Waals surface area contributed by atoms with Crippen molar-refractivity contribution in [1.29, 1.82) is 0 Å². The highest BCUT2D eigenvalue weighted by Gasteiger charge is 2.60. The molecule has 3 N–H and O–H groups in total. The predicted molar refractivity (Wildman–Crippen MR) is 116 cm³/mol. The number of hydrogen-bond acceptors (Lipinski definition) is 10. The second-order valence-corrected chi connectivity index (χ2v) is 10.2. The average molecular weight is 479 g/mol. The van der Waals surface area contributed by atoms with Crippen molar-refractivity contribution >= 4 is 24.9 Å². The fraction of sp³-hybridized carbons (Fsp3) is 0.722. The lowest BCUT2D eigenvalue weighted by molar-refractivity contribution is -0.0589. The highest BCUT2D eigenvalue weighted by Crippen LogP contribution is 2.57. The minimum Gasteiger partial charge on any atom is -0.476 e. The Morgan fingerprint density at radius 2 is 2.24 bits per heavy atom. The van der Waals surface area contributed by atoms with Gasteiger partial charge in [-0.2, -0.15) is 9.97 Å². The van der Waals surface area contributed by atoms with Crippen LogP contribution in [0.25, 0.3) is 21.6 Å². The summed E-state index contributed by atoms with van der Waals surface area (Å²) in [6, 6.07) is 0.0606. The van der Waals surface area contributed by atoms with Gasteiger partial charge in [0.2, 0.25) is 11.8 Å². The predicted octanol–water partition coefficient (Wildman–Crippen LogP) is 2.83. The Morgan fingerprint density at radius 3 is 2.97 bits per heavy atom. The third-order valence-corrected chi connectivity index (χ3v) is 7.95. The summed E-state index contributed by atoms with van der Waals surface area (Å²) in [6.45, 7) is 3.89. The molecule has 3 aliphatic rings. The van der Waals surface area contributed by atoms with E-state index in [2.05, 4.69) is 30.1 Å². The van der Waals surface area contributed by atoms with Gasteiger partial charge in [0.1, 0.15) is 17.7 Å². The zero-order chi connectivity index (χ0) is 23.2. The van der Waals surface area contributed by atoms with Crippen molar-refractivity contribution in [1.82, 2.24) is 24.6 Å². The van der Waals surface area contributed by atoms with Crippen molar-refractivity contribution in [3.8, 4) is 5.88 Å². The van der Waals surface area contributed by atoms with Gasteiger partial charge >= 0.3 is 7.75 Å². The van der Waals surface area contributed by atoms with Crippen LogP contribution in [0.15, 0.2) is 11.4 Å². The molecule has 0 spiro atoms. The summed E-state index contributed by atoms with van der Waals surface area (Å²) in [7, 11) is -3.62. The van der Waals surface area contributed by atoms with E-state index >= 15 is 0 Å². The Bertz CT molecular complexity index is 1150. The van der Waals surface area contributed by atoms with Crippen molar-refractivity contribution in [2.45, 2.75) is 69.5 Å². The number of hydrogen-bond donors (Lipinski definition) is 2. The summed E-state index contributed by atoms with van der Waals surface area (Å²) in [5.41, 5.74) is 14.7. The van der Waals surface area contributed by atoms with Gasteiger partial charge in [0.15, 0.2) is 17.4 Å². The third-order valence-electron chi connectivity index (χ3n) is 6.27. The van der Waals surface area contributed by atoms with Gasteiger partial charge in [-0.15, -0.1) is 0 Å². The molecule has 0 bridgehead atoms. The summed E-state index contributed by atoms with van der Waals surface area (Å²) in [4.78, 5) is 15.8. The largest absolute Gasteiger partial charge is 0.476 e. The number of anilines is 1. The number of nitrogen functional groups attached to an aromatic ring is 1. The monoisotopic (exact) mass is 479 g/mol. The average Bonchev–Trinajstić information content (AvgIpc) is 3.48. The summed E-state index contributed by atoms with van der Waals surface area (Å²) < 4.78 is 38.3. The number of nitrogens with two attached hydrogens (primary N) is 1. The fourth-order valence-electron chi connectivity index (χ4n) is 4.76. The second kappa shape index (κ2) is 8.39. The van der Waals surface area contributed by atoms with E-state index in [1.807, 2.05) is 6.92 Å². The topological polar surface area (TPSA) is 184 Å². The minimum atomic E-state index is -3.62. The van der Waals surface area contributed by atoms with Gasteiger partial charge in [-0.3, -0.25) is 13.6 Å².